The van der Waals surface area contributed by atoms with Crippen LogP contribution in [0, 0.1) is 0 Å². The Bertz CT molecular complexity index is 690. The van der Waals surface area contributed by atoms with Crippen LogP contribution in [0.15, 0.2) is 36.4 Å². The third-order valence-electron chi connectivity index (χ3n) is 3.15. The number of aliphatic carboxylic acids is 1. The molecule has 95 valence electrons. The number of carbonyl (C=O) groups excluding carboxylic acids is 2. The Hall–Kier alpha value is -1.69. The Morgan fingerprint density at radius 2 is 1.50 bits per heavy atom. The minimum atomic E-state index is -1.21. The van der Waals surface area contributed by atoms with Crippen molar-refractivity contribution < 1.29 is 19.5 Å². The molecule has 1 radical (unpaired) electrons. The minimum absolute atomic E-state index is 0. The molecule has 0 spiro atoms. The molecule has 20 heavy (non-hydrogen) atoms. The fraction of sp³-hybridized carbons (Fsp3) is 0.0714. The summed E-state index contributed by atoms with van der Waals surface area (Å²) in [5, 5.41) is 10.2. The third-order valence-corrected chi connectivity index (χ3v) is 3.15. The van der Waals surface area contributed by atoms with Gasteiger partial charge in [0, 0.05) is 46.1 Å². The summed E-state index contributed by atoms with van der Waals surface area (Å²) in [5.74, 6) is -2.33. The number of imide groups is 1. The second kappa shape index (κ2) is 5.36. The van der Waals surface area contributed by atoms with E-state index >= 15 is 0 Å². The molecule has 1 N–H and O–H groups in total. The van der Waals surface area contributed by atoms with Gasteiger partial charge in [0.05, 0.1) is 0 Å². The Kier molecular flexibility index (Phi) is 3.94. The van der Waals surface area contributed by atoms with Gasteiger partial charge in [-0.3, -0.25) is 19.3 Å². The monoisotopic (exact) mass is 278 g/mol. The molecule has 2 amide bonds. The molecule has 0 atom stereocenters. The van der Waals surface area contributed by atoms with Crippen molar-refractivity contribution in [3.63, 3.8) is 0 Å². The van der Waals surface area contributed by atoms with E-state index < -0.39 is 24.3 Å². The van der Waals surface area contributed by atoms with Crippen LogP contribution in [0.4, 0.5) is 0 Å². The van der Waals surface area contributed by atoms with Crippen molar-refractivity contribution in [2.75, 3.05) is 6.54 Å². The number of nitrogens with zero attached hydrogens (tertiary/aromatic N) is 1. The van der Waals surface area contributed by atoms with Gasteiger partial charge in [0.15, 0.2) is 0 Å². The molecule has 0 saturated carbocycles. The van der Waals surface area contributed by atoms with Gasteiger partial charge in [0.1, 0.15) is 6.54 Å². The van der Waals surface area contributed by atoms with E-state index in [1.807, 2.05) is 12.1 Å². The molecular formula is C14H9NNaO4. The van der Waals surface area contributed by atoms with Crippen LogP contribution >= 0.6 is 0 Å². The summed E-state index contributed by atoms with van der Waals surface area (Å²) in [5.41, 5.74) is 0.739. The van der Waals surface area contributed by atoms with E-state index in [2.05, 4.69) is 0 Å². The Balaban J connectivity index is 0.00000147. The normalized spacial score (nSPS) is 13.3. The molecule has 2 aromatic carbocycles. The molecule has 6 heteroatoms. The van der Waals surface area contributed by atoms with Gasteiger partial charge in [0.25, 0.3) is 11.8 Å². The van der Waals surface area contributed by atoms with Crippen LogP contribution in [0.25, 0.3) is 10.8 Å². The van der Waals surface area contributed by atoms with Gasteiger partial charge in [-0.15, -0.1) is 0 Å². The van der Waals surface area contributed by atoms with Crippen LogP contribution in [-0.4, -0.2) is 63.9 Å². The van der Waals surface area contributed by atoms with Crippen LogP contribution < -0.4 is 0 Å². The second-order valence-electron chi connectivity index (χ2n) is 4.30. The van der Waals surface area contributed by atoms with E-state index in [0.717, 1.165) is 10.3 Å². The van der Waals surface area contributed by atoms with Gasteiger partial charge in [-0.2, -0.15) is 0 Å². The Labute approximate surface area is 136 Å². The zero-order valence-corrected chi connectivity index (χ0v) is 12.8. The fourth-order valence-electron chi connectivity index (χ4n) is 2.36. The van der Waals surface area contributed by atoms with Crippen LogP contribution in [0.3, 0.4) is 0 Å². The van der Waals surface area contributed by atoms with Crippen molar-refractivity contribution in [2.45, 2.75) is 0 Å². The number of benzene rings is 2. The maximum atomic E-state index is 12.2. The largest absolute Gasteiger partial charge is 0.480 e. The van der Waals surface area contributed by atoms with Crippen LogP contribution in [-0.2, 0) is 4.79 Å². The summed E-state index contributed by atoms with van der Waals surface area (Å²) in [4.78, 5) is 35.9. The molecule has 1 aliphatic rings. The number of carbonyl (C=O) groups is 3. The van der Waals surface area contributed by atoms with Crippen molar-refractivity contribution in [1.29, 1.82) is 0 Å². The van der Waals surface area contributed by atoms with Gasteiger partial charge in [-0.1, -0.05) is 24.3 Å². The summed E-state index contributed by atoms with van der Waals surface area (Å²) in [6, 6.07) is 10.3. The molecule has 0 aliphatic carbocycles. The zero-order chi connectivity index (χ0) is 13.6. The van der Waals surface area contributed by atoms with E-state index in [4.69, 9.17) is 5.11 Å². The predicted molar refractivity (Wildman–Crippen MR) is 72.7 cm³/mol. The molecule has 5 nitrogen and oxygen atoms in total. The average molecular weight is 278 g/mol. The minimum Gasteiger partial charge on any atom is -0.480 e. The smallest absolute Gasteiger partial charge is 0.323 e. The SMILES string of the molecule is O=C(O)CN1C(=O)c2cccc3cccc(c23)C1=O.[Na]. The maximum absolute atomic E-state index is 12.2. The van der Waals surface area contributed by atoms with Gasteiger partial charge < -0.3 is 5.11 Å². The summed E-state index contributed by atoms with van der Waals surface area (Å²) < 4.78 is 0. The first-order valence-corrected chi connectivity index (χ1v) is 5.69. The van der Waals surface area contributed by atoms with Gasteiger partial charge in [0.2, 0.25) is 0 Å². The molecule has 1 heterocycles. The third kappa shape index (κ3) is 2.14. The van der Waals surface area contributed by atoms with Gasteiger partial charge >= 0.3 is 5.97 Å². The van der Waals surface area contributed by atoms with Crippen molar-refractivity contribution in [2.24, 2.45) is 0 Å². The molecule has 0 unspecified atom stereocenters. The number of hydrogen-bond acceptors (Lipinski definition) is 3. The van der Waals surface area contributed by atoms with Crippen molar-refractivity contribution in [3.8, 4) is 0 Å². The first-order valence-electron chi connectivity index (χ1n) is 5.69. The van der Waals surface area contributed by atoms with E-state index in [-0.39, 0.29) is 29.6 Å². The molecule has 2 aromatic rings. The first kappa shape index (κ1) is 14.7. The van der Waals surface area contributed by atoms with Crippen molar-refractivity contribution in [3.05, 3.63) is 47.5 Å². The molecule has 1 aliphatic heterocycles. The van der Waals surface area contributed by atoms with E-state index in [1.165, 1.54) is 0 Å². The van der Waals surface area contributed by atoms with Crippen molar-refractivity contribution in [1.82, 2.24) is 4.90 Å². The topological polar surface area (TPSA) is 74.7 Å². The second-order valence-corrected chi connectivity index (χ2v) is 4.30. The molecule has 0 fully saturated rings. The van der Waals surface area contributed by atoms with Crippen molar-refractivity contribution >= 4 is 58.1 Å². The van der Waals surface area contributed by atoms with Gasteiger partial charge in [-0.25, -0.2) is 0 Å². The first-order chi connectivity index (χ1) is 9.09. The zero-order valence-electron chi connectivity index (χ0n) is 10.8. The number of amides is 2. The molecule has 0 bridgehead atoms. The summed E-state index contributed by atoms with van der Waals surface area (Å²) in [6.45, 7) is -0.623. The number of hydrogen-bond donors (Lipinski definition) is 1. The number of rotatable bonds is 2. The number of carboxylic acid groups (broad SMARTS) is 1. The molecule has 0 saturated heterocycles. The van der Waals surface area contributed by atoms with E-state index in [1.54, 1.807) is 24.3 Å². The summed E-state index contributed by atoms with van der Waals surface area (Å²) >= 11 is 0. The van der Waals surface area contributed by atoms with Crippen LogP contribution in [0.2, 0.25) is 0 Å². The Morgan fingerprint density at radius 1 is 1.00 bits per heavy atom. The summed E-state index contributed by atoms with van der Waals surface area (Å²) in [7, 11) is 0. The summed E-state index contributed by atoms with van der Waals surface area (Å²) in [6.07, 6.45) is 0. The molecular weight excluding hydrogens is 269 g/mol. The van der Waals surface area contributed by atoms with Gasteiger partial charge in [-0.05, 0) is 17.5 Å². The predicted octanol–water partition coefficient (Wildman–Crippen LogP) is 1.14. The maximum Gasteiger partial charge on any atom is 0.323 e. The average Bonchev–Trinajstić information content (AvgIpc) is 2.40. The van der Waals surface area contributed by atoms with Crippen LogP contribution in [0.5, 0.6) is 0 Å². The van der Waals surface area contributed by atoms with E-state index in [9.17, 15) is 14.4 Å². The number of carboxylic acids is 1. The Morgan fingerprint density at radius 3 is 1.95 bits per heavy atom. The van der Waals surface area contributed by atoms with Crippen LogP contribution in [0.1, 0.15) is 20.7 Å². The quantitative estimate of drug-likeness (QED) is 0.660. The molecule has 3 rings (SSSR count). The molecule has 0 aromatic heterocycles. The van der Waals surface area contributed by atoms with E-state index in [0.29, 0.717) is 16.5 Å². The fourth-order valence-corrected chi connectivity index (χ4v) is 2.36. The standard InChI is InChI=1S/C14H9NO4.Na/c16-11(17)7-15-13(18)9-5-1-3-8-4-2-6-10(12(8)9)14(15)19;/h1-6H,7H2,(H,16,17);.